The summed E-state index contributed by atoms with van der Waals surface area (Å²) in [5, 5.41) is 0. The van der Waals surface area contributed by atoms with Crippen molar-refractivity contribution in [3.63, 3.8) is 0 Å². The minimum absolute atomic E-state index is 0.0687. The zero-order chi connectivity index (χ0) is 17.7. The molecule has 0 unspecified atom stereocenters. The van der Waals surface area contributed by atoms with E-state index >= 15 is 0 Å². The van der Waals surface area contributed by atoms with Gasteiger partial charge in [0, 0.05) is 5.92 Å². The van der Waals surface area contributed by atoms with Crippen LogP contribution < -0.4 is 4.74 Å². The standard InChI is InChI=1S/C23H22O2/c1-23(17-24,20-13-15-21(25-2)16-14-20)22(18-9-5-3-6-10-18)19-11-7-4-8-12-19/h3-17,22H,1-2H3/t23-/m1/s1. The van der Waals surface area contributed by atoms with Gasteiger partial charge in [-0.25, -0.2) is 0 Å². The molecule has 0 fully saturated rings. The van der Waals surface area contributed by atoms with Crippen LogP contribution in [0.25, 0.3) is 0 Å². The average Bonchev–Trinajstić information content (AvgIpc) is 2.69. The Morgan fingerprint density at radius 2 is 1.28 bits per heavy atom. The summed E-state index contributed by atoms with van der Waals surface area (Å²) in [6.45, 7) is 2.01. The lowest BCUT2D eigenvalue weighted by Crippen LogP contribution is -2.33. The van der Waals surface area contributed by atoms with Crippen LogP contribution in [-0.4, -0.2) is 13.4 Å². The van der Waals surface area contributed by atoms with Crippen LogP contribution in [0.3, 0.4) is 0 Å². The molecule has 2 heteroatoms. The van der Waals surface area contributed by atoms with Gasteiger partial charge < -0.3 is 9.53 Å². The minimum Gasteiger partial charge on any atom is -0.497 e. The van der Waals surface area contributed by atoms with Crippen LogP contribution >= 0.6 is 0 Å². The highest BCUT2D eigenvalue weighted by atomic mass is 16.5. The fourth-order valence-corrected chi connectivity index (χ4v) is 3.43. The summed E-state index contributed by atoms with van der Waals surface area (Å²) < 4.78 is 5.26. The summed E-state index contributed by atoms with van der Waals surface area (Å²) in [5.74, 6) is 0.716. The molecule has 0 spiro atoms. The van der Waals surface area contributed by atoms with Crippen LogP contribution in [0.15, 0.2) is 84.9 Å². The van der Waals surface area contributed by atoms with Gasteiger partial charge in [-0.15, -0.1) is 0 Å². The first kappa shape index (κ1) is 17.0. The predicted octanol–water partition coefficient (Wildman–Crippen LogP) is 4.98. The monoisotopic (exact) mass is 330 g/mol. The summed E-state index contributed by atoms with van der Waals surface area (Å²) in [5.41, 5.74) is 2.54. The third-order valence-corrected chi connectivity index (χ3v) is 4.82. The molecule has 3 aromatic carbocycles. The SMILES string of the molecule is COc1ccc([C@@](C)(C=O)C(c2ccccc2)c2ccccc2)cc1. The van der Waals surface area contributed by atoms with Gasteiger partial charge in [-0.2, -0.15) is 0 Å². The molecule has 126 valence electrons. The van der Waals surface area contributed by atoms with Gasteiger partial charge in [-0.1, -0.05) is 72.8 Å². The van der Waals surface area contributed by atoms with Crippen LogP contribution in [0, 0.1) is 0 Å². The normalized spacial score (nSPS) is 13.2. The number of methoxy groups -OCH3 is 1. The van der Waals surface area contributed by atoms with E-state index in [1.54, 1.807) is 7.11 Å². The van der Waals surface area contributed by atoms with E-state index in [0.717, 1.165) is 28.7 Å². The van der Waals surface area contributed by atoms with E-state index in [9.17, 15) is 4.79 Å². The van der Waals surface area contributed by atoms with Crippen molar-refractivity contribution in [1.82, 2.24) is 0 Å². The van der Waals surface area contributed by atoms with Gasteiger partial charge in [-0.3, -0.25) is 0 Å². The molecule has 0 amide bonds. The van der Waals surface area contributed by atoms with Crippen LogP contribution in [0.2, 0.25) is 0 Å². The summed E-state index contributed by atoms with van der Waals surface area (Å²) in [6, 6.07) is 28.2. The molecule has 0 saturated heterocycles. The number of aldehydes is 1. The van der Waals surface area contributed by atoms with E-state index in [1.165, 1.54) is 0 Å². The Balaban J connectivity index is 2.16. The number of hydrogen-bond donors (Lipinski definition) is 0. The van der Waals surface area contributed by atoms with E-state index in [4.69, 9.17) is 4.74 Å². The molecular formula is C23H22O2. The number of benzene rings is 3. The van der Waals surface area contributed by atoms with Crippen molar-refractivity contribution < 1.29 is 9.53 Å². The maximum absolute atomic E-state index is 12.3. The molecule has 0 bridgehead atoms. The van der Waals surface area contributed by atoms with Crippen molar-refractivity contribution in [2.45, 2.75) is 18.3 Å². The molecule has 2 nitrogen and oxygen atoms in total. The van der Waals surface area contributed by atoms with Crippen molar-refractivity contribution in [3.8, 4) is 5.75 Å². The topological polar surface area (TPSA) is 26.3 Å². The van der Waals surface area contributed by atoms with E-state index in [-0.39, 0.29) is 5.92 Å². The Hall–Kier alpha value is -2.87. The second kappa shape index (κ2) is 7.35. The average molecular weight is 330 g/mol. The highest BCUT2D eigenvalue weighted by molar-refractivity contribution is 5.72. The largest absolute Gasteiger partial charge is 0.497 e. The number of rotatable bonds is 6. The zero-order valence-corrected chi connectivity index (χ0v) is 14.6. The Morgan fingerprint density at radius 1 is 0.800 bits per heavy atom. The van der Waals surface area contributed by atoms with Crippen LogP contribution in [0.4, 0.5) is 0 Å². The van der Waals surface area contributed by atoms with Gasteiger partial charge in [0.1, 0.15) is 12.0 Å². The molecule has 0 saturated carbocycles. The van der Waals surface area contributed by atoms with Gasteiger partial charge in [-0.05, 0) is 35.7 Å². The van der Waals surface area contributed by atoms with Crippen molar-refractivity contribution in [3.05, 3.63) is 102 Å². The first-order chi connectivity index (χ1) is 12.2. The smallest absolute Gasteiger partial charge is 0.131 e. The summed E-state index contributed by atoms with van der Waals surface area (Å²) in [7, 11) is 1.64. The van der Waals surface area contributed by atoms with E-state index < -0.39 is 5.41 Å². The lowest BCUT2D eigenvalue weighted by Gasteiger charge is -2.34. The van der Waals surface area contributed by atoms with Gasteiger partial charge >= 0.3 is 0 Å². The van der Waals surface area contributed by atoms with Gasteiger partial charge in [0.15, 0.2) is 0 Å². The fraction of sp³-hybridized carbons (Fsp3) is 0.174. The van der Waals surface area contributed by atoms with Gasteiger partial charge in [0.2, 0.25) is 0 Å². The molecule has 25 heavy (non-hydrogen) atoms. The third-order valence-electron chi connectivity index (χ3n) is 4.82. The highest BCUT2D eigenvalue weighted by Crippen LogP contribution is 2.42. The van der Waals surface area contributed by atoms with Crippen molar-refractivity contribution in [1.29, 1.82) is 0 Å². The molecule has 0 radical (unpaired) electrons. The second-order valence-electron chi connectivity index (χ2n) is 6.38. The Bertz CT molecular complexity index is 770. The van der Waals surface area contributed by atoms with E-state index in [0.29, 0.717) is 0 Å². The Morgan fingerprint density at radius 3 is 1.68 bits per heavy atom. The lowest BCUT2D eigenvalue weighted by atomic mass is 9.67. The summed E-state index contributed by atoms with van der Waals surface area (Å²) in [6.07, 6.45) is 1.07. The van der Waals surface area contributed by atoms with Crippen molar-refractivity contribution in [2.75, 3.05) is 7.11 Å². The first-order valence-electron chi connectivity index (χ1n) is 8.40. The predicted molar refractivity (Wildman–Crippen MR) is 101 cm³/mol. The van der Waals surface area contributed by atoms with Gasteiger partial charge in [0.05, 0.1) is 12.5 Å². The molecule has 0 aliphatic rings. The number of carbonyl (C=O) groups is 1. The van der Waals surface area contributed by atoms with Crippen LogP contribution in [0.5, 0.6) is 5.75 Å². The fourth-order valence-electron chi connectivity index (χ4n) is 3.43. The maximum atomic E-state index is 12.3. The van der Waals surface area contributed by atoms with Crippen LogP contribution in [0.1, 0.15) is 29.5 Å². The number of hydrogen-bond acceptors (Lipinski definition) is 2. The minimum atomic E-state index is -0.686. The number of ether oxygens (including phenoxy) is 1. The summed E-state index contributed by atoms with van der Waals surface area (Å²) in [4.78, 5) is 12.3. The van der Waals surface area contributed by atoms with Crippen molar-refractivity contribution >= 4 is 6.29 Å². The zero-order valence-electron chi connectivity index (χ0n) is 14.6. The lowest BCUT2D eigenvalue weighted by molar-refractivity contribution is -0.112. The van der Waals surface area contributed by atoms with Gasteiger partial charge in [0.25, 0.3) is 0 Å². The number of carbonyl (C=O) groups excluding carboxylic acids is 1. The molecule has 0 aromatic heterocycles. The quantitative estimate of drug-likeness (QED) is 0.596. The molecule has 0 aliphatic carbocycles. The highest BCUT2D eigenvalue weighted by Gasteiger charge is 2.38. The second-order valence-corrected chi connectivity index (χ2v) is 6.38. The maximum Gasteiger partial charge on any atom is 0.131 e. The molecular weight excluding hydrogens is 308 g/mol. The molecule has 0 N–H and O–H groups in total. The summed E-state index contributed by atoms with van der Waals surface area (Å²) >= 11 is 0. The Kier molecular flexibility index (Phi) is 4.99. The molecule has 0 aliphatic heterocycles. The first-order valence-corrected chi connectivity index (χ1v) is 8.40. The van der Waals surface area contributed by atoms with E-state index in [1.807, 2.05) is 67.6 Å². The molecule has 3 aromatic rings. The molecule has 3 rings (SSSR count). The van der Waals surface area contributed by atoms with E-state index in [2.05, 4.69) is 24.3 Å². The molecule has 1 atom stereocenters. The Labute approximate surface area is 149 Å². The third kappa shape index (κ3) is 3.34. The van der Waals surface area contributed by atoms with Crippen molar-refractivity contribution in [2.24, 2.45) is 0 Å². The molecule has 0 heterocycles. The van der Waals surface area contributed by atoms with Crippen LogP contribution in [-0.2, 0) is 10.2 Å².